The summed E-state index contributed by atoms with van der Waals surface area (Å²) in [7, 11) is 0. The summed E-state index contributed by atoms with van der Waals surface area (Å²) in [6.45, 7) is 15.5. The Kier molecular flexibility index (Phi) is 9.20. The van der Waals surface area contributed by atoms with E-state index in [1.165, 1.54) is 69.7 Å². The van der Waals surface area contributed by atoms with Gasteiger partial charge in [0.05, 0.1) is 0 Å². The molecule has 4 unspecified atom stereocenters. The predicted octanol–water partition coefficient (Wildman–Crippen LogP) is 8.30. The zero-order valence-corrected chi connectivity index (χ0v) is 29.1. The summed E-state index contributed by atoms with van der Waals surface area (Å²) < 4.78 is 0. The smallest absolute Gasteiger partial charge is 0.104 e. The number of amidine groups is 3. The van der Waals surface area contributed by atoms with E-state index in [0.717, 1.165) is 70.1 Å². The van der Waals surface area contributed by atoms with Crippen molar-refractivity contribution in [3.63, 3.8) is 0 Å². The van der Waals surface area contributed by atoms with E-state index in [1.807, 2.05) is 0 Å². The summed E-state index contributed by atoms with van der Waals surface area (Å²) in [6.07, 6.45) is 8.15. The molecule has 0 spiro atoms. The summed E-state index contributed by atoms with van der Waals surface area (Å²) in [5, 5.41) is 0. The number of benzene rings is 3. The van der Waals surface area contributed by atoms with E-state index in [-0.39, 0.29) is 0 Å². The largest absolute Gasteiger partial charge is 0.329 e. The Balaban J connectivity index is 0.000000112. The molecule has 0 aromatic heterocycles. The molecule has 0 N–H and O–H groups in total. The van der Waals surface area contributed by atoms with E-state index in [9.17, 15) is 0 Å². The first kappa shape index (κ1) is 31.7. The fraction of sp³-hybridized carbons (Fsp3) is 0.488. The van der Waals surface area contributed by atoms with Crippen LogP contribution in [0.15, 0.2) is 81.7 Å². The molecule has 3 aromatic carbocycles. The van der Waals surface area contributed by atoms with Gasteiger partial charge in [-0.1, -0.05) is 68.4 Å². The summed E-state index contributed by atoms with van der Waals surface area (Å²) in [4.78, 5) is 21.3. The predicted molar refractivity (Wildman–Crippen MR) is 200 cm³/mol. The van der Waals surface area contributed by atoms with Gasteiger partial charge in [-0.15, -0.1) is 0 Å². The van der Waals surface area contributed by atoms with Crippen molar-refractivity contribution in [3.8, 4) is 0 Å². The summed E-state index contributed by atoms with van der Waals surface area (Å²) in [6, 6.07) is 25.2. The average Bonchev–Trinajstić information content (AvgIpc) is 3.91. The molecule has 6 aliphatic heterocycles. The number of para-hydroxylation sites is 3. The first-order valence-corrected chi connectivity index (χ1v) is 18.1. The molecule has 0 fully saturated rings. The summed E-state index contributed by atoms with van der Waals surface area (Å²) in [5.74, 6) is 5.34. The van der Waals surface area contributed by atoms with Crippen molar-refractivity contribution in [2.75, 3.05) is 40.9 Å². The number of nitrogens with zero attached hydrogens (tertiary/aromatic N) is 6. The highest BCUT2D eigenvalue weighted by molar-refractivity contribution is 6.02. The van der Waals surface area contributed by atoms with Crippen LogP contribution in [0.3, 0.4) is 0 Å². The highest BCUT2D eigenvalue weighted by Gasteiger charge is 2.32. The topological polar surface area (TPSA) is 46.8 Å². The standard InChI is InChI=1S/2C14H18N2.C13H16N2/c1-10-8-13(15-9-10)16-7-6-12-5-3-4-11(2)14(12)16;1-10-7-14(15-9-10)16-11(2)8-12-5-3-4-6-13(12)16;1-10-9-11-5-2-3-6-12(11)15(10)13-7-4-8-14-13/h3-5,10H,6-9H2,1-2H3;3-6,10-11H,7-9H2,1-2H3;2-3,5-6,10H,4,7-9H2,1H3. The second-order valence-corrected chi connectivity index (χ2v) is 14.6. The lowest BCUT2D eigenvalue weighted by Gasteiger charge is -2.25. The molecule has 9 rings (SSSR count). The van der Waals surface area contributed by atoms with Crippen LogP contribution in [0.2, 0.25) is 0 Å². The molecular weight excluding hydrogens is 576 g/mol. The van der Waals surface area contributed by atoms with E-state index in [0.29, 0.717) is 12.1 Å². The van der Waals surface area contributed by atoms with E-state index >= 15 is 0 Å². The molecule has 0 aliphatic carbocycles. The van der Waals surface area contributed by atoms with Crippen molar-refractivity contribution >= 4 is 34.6 Å². The quantitative estimate of drug-likeness (QED) is 0.252. The van der Waals surface area contributed by atoms with Crippen LogP contribution in [0.5, 0.6) is 0 Å². The minimum atomic E-state index is 0.571. The van der Waals surface area contributed by atoms with Gasteiger partial charge in [0.1, 0.15) is 17.5 Å². The third-order valence-electron chi connectivity index (χ3n) is 10.6. The molecule has 6 heteroatoms. The average molecular weight is 629 g/mol. The summed E-state index contributed by atoms with van der Waals surface area (Å²) in [5.41, 5.74) is 10.0. The molecule has 0 amide bonds. The van der Waals surface area contributed by atoms with Crippen molar-refractivity contribution in [2.24, 2.45) is 26.8 Å². The van der Waals surface area contributed by atoms with Crippen molar-refractivity contribution in [3.05, 3.63) is 89.0 Å². The van der Waals surface area contributed by atoms with Gasteiger partial charge in [0.25, 0.3) is 0 Å². The van der Waals surface area contributed by atoms with Gasteiger partial charge in [-0.2, -0.15) is 0 Å². The Hall–Kier alpha value is -3.93. The zero-order chi connectivity index (χ0) is 32.5. The Morgan fingerprint density at radius 2 is 1.15 bits per heavy atom. The molecule has 6 aliphatic rings. The van der Waals surface area contributed by atoms with Crippen molar-refractivity contribution in [2.45, 2.75) is 91.6 Å². The number of anilines is 3. The molecule has 6 heterocycles. The Labute approximate surface area is 282 Å². The maximum Gasteiger partial charge on any atom is 0.104 e. The molecule has 47 heavy (non-hydrogen) atoms. The van der Waals surface area contributed by atoms with Crippen LogP contribution in [0.1, 0.15) is 75.6 Å². The maximum absolute atomic E-state index is 4.69. The minimum Gasteiger partial charge on any atom is -0.329 e. The lowest BCUT2D eigenvalue weighted by Crippen LogP contribution is -2.34. The van der Waals surface area contributed by atoms with Crippen molar-refractivity contribution in [1.82, 2.24) is 0 Å². The van der Waals surface area contributed by atoms with Crippen LogP contribution < -0.4 is 14.7 Å². The molecule has 4 atom stereocenters. The number of aliphatic imine (C=N–C) groups is 3. The van der Waals surface area contributed by atoms with Gasteiger partial charge in [0.2, 0.25) is 0 Å². The van der Waals surface area contributed by atoms with Crippen LogP contribution in [-0.4, -0.2) is 55.8 Å². The minimum absolute atomic E-state index is 0.571. The normalized spacial score (nSPS) is 25.3. The Bertz CT molecular complexity index is 1690. The van der Waals surface area contributed by atoms with Crippen LogP contribution in [0.25, 0.3) is 0 Å². The first-order valence-electron chi connectivity index (χ1n) is 18.1. The van der Waals surface area contributed by atoms with Gasteiger partial charge in [-0.3, -0.25) is 15.0 Å². The number of fused-ring (bicyclic) bond motifs is 3. The monoisotopic (exact) mass is 628 g/mol. The fourth-order valence-corrected chi connectivity index (χ4v) is 8.32. The van der Waals surface area contributed by atoms with E-state index in [2.05, 4.69) is 126 Å². The number of hydrogen-bond acceptors (Lipinski definition) is 6. The second-order valence-electron chi connectivity index (χ2n) is 14.6. The zero-order valence-electron chi connectivity index (χ0n) is 29.1. The molecule has 6 nitrogen and oxygen atoms in total. The third kappa shape index (κ3) is 6.48. The Morgan fingerprint density at radius 1 is 0.574 bits per heavy atom. The van der Waals surface area contributed by atoms with E-state index in [1.54, 1.807) is 0 Å². The third-order valence-corrected chi connectivity index (χ3v) is 10.6. The van der Waals surface area contributed by atoms with Crippen LogP contribution >= 0.6 is 0 Å². The van der Waals surface area contributed by atoms with Gasteiger partial charge < -0.3 is 14.7 Å². The number of hydrogen-bond donors (Lipinski definition) is 0. The molecule has 0 radical (unpaired) electrons. The lowest BCUT2D eigenvalue weighted by atomic mass is 10.1. The molecule has 246 valence electrons. The fourth-order valence-electron chi connectivity index (χ4n) is 8.32. The first-order chi connectivity index (χ1) is 22.9. The van der Waals surface area contributed by atoms with Gasteiger partial charge in [-0.05, 0) is 92.7 Å². The maximum atomic E-state index is 4.69. The molecule has 0 bridgehead atoms. The number of rotatable bonds is 0. The van der Waals surface area contributed by atoms with E-state index in [4.69, 9.17) is 4.99 Å². The molecular formula is C41H52N6. The Morgan fingerprint density at radius 3 is 1.72 bits per heavy atom. The van der Waals surface area contributed by atoms with E-state index < -0.39 is 0 Å². The number of aryl methyl sites for hydroxylation is 1. The van der Waals surface area contributed by atoms with Gasteiger partial charge >= 0.3 is 0 Å². The summed E-state index contributed by atoms with van der Waals surface area (Å²) >= 11 is 0. The molecule has 3 aromatic rings. The lowest BCUT2D eigenvalue weighted by molar-refractivity contribution is 0.659. The SMILES string of the molecule is CC1CN=C(N2c3ccccc3CC2C)C1.CC1Cc2ccccc2N1C1=NCCC1.Cc1cccc2c1N(C1=NCC(C)C1)CC2. The van der Waals surface area contributed by atoms with Crippen LogP contribution in [0, 0.1) is 18.8 Å². The highest BCUT2D eigenvalue weighted by Crippen LogP contribution is 2.36. The van der Waals surface area contributed by atoms with Crippen molar-refractivity contribution in [1.29, 1.82) is 0 Å². The van der Waals surface area contributed by atoms with Crippen LogP contribution in [-0.2, 0) is 19.3 Å². The molecule has 0 saturated carbocycles. The molecule has 0 saturated heterocycles. The van der Waals surface area contributed by atoms with Gasteiger partial charge in [-0.25, -0.2) is 0 Å². The second kappa shape index (κ2) is 13.7. The highest BCUT2D eigenvalue weighted by atomic mass is 15.3. The van der Waals surface area contributed by atoms with Crippen molar-refractivity contribution < 1.29 is 0 Å². The van der Waals surface area contributed by atoms with Crippen LogP contribution in [0.4, 0.5) is 17.1 Å². The van der Waals surface area contributed by atoms with Gasteiger partial charge in [0.15, 0.2) is 0 Å². The van der Waals surface area contributed by atoms with Gasteiger partial charge in [0, 0.05) is 74.6 Å².